The molecule has 1 heterocycles. The number of amides is 3. The van der Waals surface area contributed by atoms with Gasteiger partial charge in [0.1, 0.15) is 11.4 Å². The van der Waals surface area contributed by atoms with Crippen molar-refractivity contribution in [3.63, 3.8) is 0 Å². The Morgan fingerprint density at radius 3 is 2.41 bits per heavy atom. The zero-order valence-electron chi connectivity index (χ0n) is 22.8. The van der Waals surface area contributed by atoms with Crippen LogP contribution in [0.3, 0.4) is 0 Å². The molecule has 0 aliphatic rings. The van der Waals surface area contributed by atoms with Gasteiger partial charge in [-0.3, -0.25) is 14.4 Å². The number of anilines is 2. The van der Waals surface area contributed by atoms with Gasteiger partial charge in [-0.15, -0.1) is 23.1 Å². The third kappa shape index (κ3) is 8.57. The predicted octanol–water partition coefficient (Wildman–Crippen LogP) is 7.07. The van der Waals surface area contributed by atoms with Crippen LogP contribution in [0.5, 0.6) is 5.75 Å². The smallest absolute Gasteiger partial charge is 0.272 e. The lowest BCUT2D eigenvalue weighted by atomic mass is 10.2. The lowest BCUT2D eigenvalue weighted by molar-refractivity contribution is -0.116. The van der Waals surface area contributed by atoms with Crippen molar-refractivity contribution in [2.45, 2.75) is 30.4 Å². The summed E-state index contributed by atoms with van der Waals surface area (Å²) in [5.74, 6) is -0.347. The quantitative estimate of drug-likeness (QED) is 0.122. The van der Waals surface area contributed by atoms with Gasteiger partial charge in [-0.05, 0) is 73.3 Å². The van der Waals surface area contributed by atoms with Crippen LogP contribution >= 0.6 is 23.1 Å². The third-order valence-corrected chi connectivity index (χ3v) is 8.01. The van der Waals surface area contributed by atoms with Crippen LogP contribution in [0.4, 0.5) is 11.4 Å². The number of carbonyl (C=O) groups is 3. The summed E-state index contributed by atoms with van der Waals surface area (Å²) in [6, 6.07) is 27.1. The minimum atomic E-state index is -0.456. The topological polar surface area (TPSA) is 96.5 Å². The molecule has 0 aliphatic heterocycles. The highest BCUT2D eigenvalue weighted by Gasteiger charge is 2.20. The minimum absolute atomic E-state index is 0.123. The van der Waals surface area contributed by atoms with Crippen molar-refractivity contribution in [2.24, 2.45) is 0 Å². The monoisotopic (exact) mass is 585 g/mol. The number of benzene rings is 3. The Kier molecular flexibility index (Phi) is 10.8. The second kappa shape index (κ2) is 14.9. The van der Waals surface area contributed by atoms with Crippen LogP contribution < -0.4 is 20.7 Å². The van der Waals surface area contributed by atoms with Gasteiger partial charge in [-0.2, -0.15) is 0 Å². The standard InChI is InChI=1S/C32H31N3O4S2/c1-3-29(32(38)34-26-17-8-9-18-28(26)39-4-2)41-25-15-10-14-23(20-25)33-31(37)27(21-24-16-11-19-40-24)35-30(36)22-12-6-5-7-13-22/h5-21,29H,3-4H2,1-2H3,(H,33,37)(H,34,38)(H,35,36)/b27-21-. The van der Waals surface area contributed by atoms with E-state index in [4.69, 9.17) is 4.74 Å². The van der Waals surface area contributed by atoms with E-state index >= 15 is 0 Å². The molecule has 0 fully saturated rings. The molecule has 210 valence electrons. The first-order chi connectivity index (χ1) is 20.0. The lowest BCUT2D eigenvalue weighted by Crippen LogP contribution is -2.30. The summed E-state index contributed by atoms with van der Waals surface area (Å²) in [5.41, 5.74) is 1.74. The first-order valence-corrected chi connectivity index (χ1v) is 14.9. The number of rotatable bonds is 12. The summed E-state index contributed by atoms with van der Waals surface area (Å²) >= 11 is 2.87. The number of thiophene rings is 1. The summed E-state index contributed by atoms with van der Waals surface area (Å²) in [6.45, 7) is 4.35. The Hall–Kier alpha value is -4.34. The van der Waals surface area contributed by atoms with E-state index in [1.165, 1.54) is 23.1 Å². The molecule has 3 aromatic carbocycles. The Labute approximate surface area is 248 Å². The number of nitrogens with one attached hydrogen (secondary N) is 3. The number of carbonyl (C=O) groups excluding carboxylic acids is 3. The molecule has 0 bridgehead atoms. The van der Waals surface area contributed by atoms with Gasteiger partial charge in [0.2, 0.25) is 5.91 Å². The van der Waals surface area contributed by atoms with Crippen molar-refractivity contribution in [1.82, 2.24) is 5.32 Å². The van der Waals surface area contributed by atoms with E-state index in [1.807, 2.05) is 79.9 Å². The molecule has 0 saturated carbocycles. The van der Waals surface area contributed by atoms with Crippen LogP contribution in [0.25, 0.3) is 6.08 Å². The van der Waals surface area contributed by atoms with E-state index in [9.17, 15) is 14.4 Å². The van der Waals surface area contributed by atoms with Gasteiger partial charge >= 0.3 is 0 Å². The molecule has 1 unspecified atom stereocenters. The lowest BCUT2D eigenvalue weighted by Gasteiger charge is -2.17. The molecular formula is C32H31N3O4S2. The van der Waals surface area contributed by atoms with Crippen LogP contribution in [0.1, 0.15) is 35.5 Å². The Bertz CT molecular complexity index is 1500. The van der Waals surface area contributed by atoms with Gasteiger partial charge in [0, 0.05) is 21.0 Å². The molecule has 0 spiro atoms. The largest absolute Gasteiger partial charge is 0.492 e. The van der Waals surface area contributed by atoms with E-state index in [0.717, 1.165) is 9.77 Å². The van der Waals surface area contributed by atoms with Crippen molar-refractivity contribution < 1.29 is 19.1 Å². The fourth-order valence-corrected chi connectivity index (χ4v) is 5.53. The average molecular weight is 586 g/mol. The predicted molar refractivity (Wildman–Crippen MR) is 167 cm³/mol. The second-order valence-electron chi connectivity index (χ2n) is 8.81. The highest BCUT2D eigenvalue weighted by molar-refractivity contribution is 8.00. The van der Waals surface area contributed by atoms with E-state index in [0.29, 0.717) is 35.7 Å². The van der Waals surface area contributed by atoms with E-state index < -0.39 is 5.91 Å². The third-order valence-electron chi connectivity index (χ3n) is 5.84. The van der Waals surface area contributed by atoms with Gasteiger partial charge in [0.25, 0.3) is 11.8 Å². The number of thioether (sulfide) groups is 1. The molecule has 1 aromatic heterocycles. The highest BCUT2D eigenvalue weighted by Crippen LogP contribution is 2.30. The fourth-order valence-electron chi connectivity index (χ4n) is 3.85. The fraction of sp³-hybridized carbons (Fsp3) is 0.156. The molecule has 7 nitrogen and oxygen atoms in total. The van der Waals surface area contributed by atoms with Crippen molar-refractivity contribution >= 4 is 58.3 Å². The van der Waals surface area contributed by atoms with Crippen LogP contribution in [0.2, 0.25) is 0 Å². The maximum Gasteiger partial charge on any atom is 0.272 e. The molecule has 0 saturated heterocycles. The molecule has 4 rings (SSSR count). The van der Waals surface area contributed by atoms with Crippen molar-refractivity contribution in [3.8, 4) is 5.75 Å². The summed E-state index contributed by atoms with van der Waals surface area (Å²) in [5, 5.41) is 10.1. The van der Waals surface area contributed by atoms with Gasteiger partial charge < -0.3 is 20.7 Å². The van der Waals surface area contributed by atoms with E-state index in [2.05, 4.69) is 16.0 Å². The maximum atomic E-state index is 13.3. The minimum Gasteiger partial charge on any atom is -0.492 e. The summed E-state index contributed by atoms with van der Waals surface area (Å²) in [7, 11) is 0. The van der Waals surface area contributed by atoms with Crippen LogP contribution in [-0.4, -0.2) is 29.6 Å². The first kappa shape index (κ1) is 29.6. The van der Waals surface area contributed by atoms with Crippen LogP contribution in [0, 0.1) is 0 Å². The molecule has 9 heteroatoms. The van der Waals surface area contributed by atoms with Crippen LogP contribution in [0.15, 0.2) is 107 Å². The molecule has 3 N–H and O–H groups in total. The zero-order chi connectivity index (χ0) is 29.0. The SMILES string of the molecule is CCOc1ccccc1NC(=O)C(CC)Sc1cccc(NC(=O)/C(=C/c2cccs2)NC(=O)c2ccccc2)c1. The van der Waals surface area contributed by atoms with Crippen LogP contribution in [-0.2, 0) is 9.59 Å². The summed E-state index contributed by atoms with van der Waals surface area (Å²) in [6.07, 6.45) is 2.25. The Balaban J connectivity index is 1.46. The second-order valence-corrected chi connectivity index (χ2v) is 11.1. The number of ether oxygens (including phenoxy) is 1. The molecule has 1 atom stereocenters. The van der Waals surface area contributed by atoms with Gasteiger partial charge in [0.15, 0.2) is 0 Å². The summed E-state index contributed by atoms with van der Waals surface area (Å²) < 4.78 is 5.63. The molecule has 41 heavy (non-hydrogen) atoms. The molecule has 0 radical (unpaired) electrons. The van der Waals surface area contributed by atoms with Crippen molar-refractivity contribution in [2.75, 3.05) is 17.2 Å². The van der Waals surface area contributed by atoms with Gasteiger partial charge in [-0.25, -0.2) is 0 Å². The average Bonchev–Trinajstić information content (AvgIpc) is 3.50. The highest BCUT2D eigenvalue weighted by atomic mass is 32.2. The van der Waals surface area contributed by atoms with Gasteiger partial charge in [-0.1, -0.05) is 49.4 Å². The number of para-hydroxylation sites is 2. The van der Waals surface area contributed by atoms with E-state index in [1.54, 1.807) is 36.4 Å². The molecular weight excluding hydrogens is 555 g/mol. The number of hydrogen-bond acceptors (Lipinski definition) is 6. The molecule has 4 aromatic rings. The van der Waals surface area contributed by atoms with E-state index in [-0.39, 0.29) is 22.8 Å². The molecule has 0 aliphatic carbocycles. The maximum absolute atomic E-state index is 13.3. The van der Waals surface area contributed by atoms with Gasteiger partial charge in [0.05, 0.1) is 17.5 Å². The van der Waals surface area contributed by atoms with Crippen molar-refractivity contribution in [3.05, 3.63) is 113 Å². The normalized spacial score (nSPS) is 11.8. The number of hydrogen-bond donors (Lipinski definition) is 3. The Morgan fingerprint density at radius 2 is 1.68 bits per heavy atom. The zero-order valence-corrected chi connectivity index (χ0v) is 24.4. The Morgan fingerprint density at radius 1 is 0.902 bits per heavy atom. The first-order valence-electron chi connectivity index (χ1n) is 13.2. The summed E-state index contributed by atoms with van der Waals surface area (Å²) in [4.78, 5) is 40.9. The van der Waals surface area contributed by atoms with Crippen molar-refractivity contribution in [1.29, 1.82) is 0 Å². The molecule has 3 amide bonds.